The van der Waals surface area contributed by atoms with Gasteiger partial charge in [0.25, 0.3) is 0 Å². The molecule has 0 radical (unpaired) electrons. The van der Waals surface area contributed by atoms with Crippen molar-refractivity contribution in [2.24, 2.45) is 11.1 Å². The molecule has 1 saturated carbocycles. The SMILES string of the molecule is NC(=O)C1(CNC(=O)CC(c2ccccc2)C(F)(F)F)CCCC1. The van der Waals surface area contributed by atoms with Gasteiger partial charge in [-0.1, -0.05) is 43.2 Å². The zero-order chi connectivity index (χ0) is 17.8. The molecule has 0 aromatic heterocycles. The second-order valence-electron chi connectivity index (χ2n) is 6.34. The Kier molecular flexibility index (Phi) is 5.51. The number of halogens is 3. The third-order valence-electron chi connectivity index (χ3n) is 4.69. The Labute approximate surface area is 138 Å². The van der Waals surface area contributed by atoms with Crippen LogP contribution in [0, 0.1) is 5.41 Å². The molecule has 4 nitrogen and oxygen atoms in total. The van der Waals surface area contributed by atoms with E-state index in [9.17, 15) is 22.8 Å². The number of benzene rings is 1. The number of alkyl halides is 3. The Morgan fingerprint density at radius 2 is 1.75 bits per heavy atom. The first-order chi connectivity index (χ1) is 11.2. The van der Waals surface area contributed by atoms with Gasteiger partial charge in [-0.15, -0.1) is 0 Å². The minimum atomic E-state index is -4.52. The molecule has 1 atom stereocenters. The predicted octanol–water partition coefficient (Wildman–Crippen LogP) is 2.88. The first kappa shape index (κ1) is 18.3. The molecule has 1 unspecified atom stereocenters. The van der Waals surface area contributed by atoms with Crippen LogP contribution in [0.5, 0.6) is 0 Å². The van der Waals surface area contributed by atoms with E-state index in [1.165, 1.54) is 24.3 Å². The third kappa shape index (κ3) is 4.27. The lowest BCUT2D eigenvalue weighted by Crippen LogP contribution is -2.45. The molecule has 1 aromatic rings. The van der Waals surface area contributed by atoms with Crippen molar-refractivity contribution in [1.29, 1.82) is 0 Å². The van der Waals surface area contributed by atoms with Gasteiger partial charge in [0.1, 0.15) is 0 Å². The van der Waals surface area contributed by atoms with E-state index in [2.05, 4.69) is 5.32 Å². The largest absolute Gasteiger partial charge is 0.396 e. The van der Waals surface area contributed by atoms with E-state index < -0.39 is 35.7 Å². The lowest BCUT2D eigenvalue weighted by molar-refractivity contribution is -0.157. The maximum absolute atomic E-state index is 13.3. The van der Waals surface area contributed by atoms with E-state index in [0.717, 1.165) is 12.8 Å². The molecule has 0 spiro atoms. The van der Waals surface area contributed by atoms with Crippen LogP contribution in [0.3, 0.4) is 0 Å². The topological polar surface area (TPSA) is 72.2 Å². The van der Waals surface area contributed by atoms with Crippen molar-refractivity contribution >= 4 is 11.8 Å². The first-order valence-electron chi connectivity index (χ1n) is 7.93. The minimum absolute atomic E-state index is 0.000529. The fourth-order valence-corrected chi connectivity index (χ4v) is 3.20. The van der Waals surface area contributed by atoms with E-state index in [1.807, 2.05) is 0 Å². The highest BCUT2D eigenvalue weighted by Crippen LogP contribution is 2.39. The van der Waals surface area contributed by atoms with Crippen molar-refractivity contribution in [3.05, 3.63) is 35.9 Å². The van der Waals surface area contributed by atoms with Gasteiger partial charge in [-0.2, -0.15) is 13.2 Å². The fraction of sp³-hybridized carbons (Fsp3) is 0.529. The normalized spacial score (nSPS) is 18.1. The lowest BCUT2D eigenvalue weighted by atomic mass is 9.85. The van der Waals surface area contributed by atoms with Gasteiger partial charge in [0, 0.05) is 13.0 Å². The van der Waals surface area contributed by atoms with Crippen molar-refractivity contribution in [2.45, 2.75) is 44.2 Å². The summed E-state index contributed by atoms with van der Waals surface area (Å²) in [6.45, 7) is 0.000529. The Balaban J connectivity index is 2.02. The number of amides is 2. The van der Waals surface area contributed by atoms with Gasteiger partial charge in [-0.25, -0.2) is 0 Å². The molecule has 1 aliphatic carbocycles. The van der Waals surface area contributed by atoms with Crippen LogP contribution in [0.1, 0.15) is 43.6 Å². The molecule has 24 heavy (non-hydrogen) atoms. The summed E-state index contributed by atoms with van der Waals surface area (Å²) in [4.78, 5) is 23.7. The van der Waals surface area contributed by atoms with Crippen molar-refractivity contribution in [1.82, 2.24) is 5.32 Å². The number of nitrogens with one attached hydrogen (secondary N) is 1. The smallest absolute Gasteiger partial charge is 0.369 e. The highest BCUT2D eigenvalue weighted by atomic mass is 19.4. The standard InChI is InChI=1S/C17H21F3N2O2/c18-17(19,20)13(12-6-2-1-3-7-12)10-14(23)22-11-16(15(21)24)8-4-5-9-16/h1-3,6-7,13H,4-5,8-11H2,(H2,21,24)(H,22,23). The van der Waals surface area contributed by atoms with Crippen LogP contribution in [0.4, 0.5) is 13.2 Å². The highest BCUT2D eigenvalue weighted by molar-refractivity contribution is 5.83. The van der Waals surface area contributed by atoms with Gasteiger partial charge in [-0.3, -0.25) is 9.59 Å². The zero-order valence-corrected chi connectivity index (χ0v) is 13.2. The maximum Gasteiger partial charge on any atom is 0.396 e. The van der Waals surface area contributed by atoms with E-state index >= 15 is 0 Å². The fourth-order valence-electron chi connectivity index (χ4n) is 3.20. The third-order valence-corrected chi connectivity index (χ3v) is 4.69. The molecule has 7 heteroatoms. The Morgan fingerprint density at radius 3 is 2.25 bits per heavy atom. The van der Waals surface area contributed by atoms with E-state index in [0.29, 0.717) is 12.8 Å². The number of rotatable bonds is 6. The lowest BCUT2D eigenvalue weighted by Gasteiger charge is -2.26. The summed E-state index contributed by atoms with van der Waals surface area (Å²) in [5.41, 5.74) is 4.63. The molecule has 0 bridgehead atoms. The molecule has 132 valence electrons. The summed E-state index contributed by atoms with van der Waals surface area (Å²) in [6, 6.07) is 7.34. The number of carbonyl (C=O) groups is 2. The van der Waals surface area contributed by atoms with Gasteiger partial charge in [0.2, 0.25) is 11.8 Å². The maximum atomic E-state index is 13.3. The predicted molar refractivity (Wildman–Crippen MR) is 83.0 cm³/mol. The number of hydrogen-bond donors (Lipinski definition) is 2. The second-order valence-corrected chi connectivity index (χ2v) is 6.34. The average molecular weight is 342 g/mol. The van der Waals surface area contributed by atoms with Crippen molar-refractivity contribution in [3.8, 4) is 0 Å². The van der Waals surface area contributed by atoms with E-state index in [-0.39, 0.29) is 12.1 Å². The molecule has 1 aromatic carbocycles. The quantitative estimate of drug-likeness (QED) is 0.834. The molecular weight excluding hydrogens is 321 g/mol. The summed E-state index contributed by atoms with van der Waals surface area (Å²) in [5.74, 6) is -3.10. The van der Waals surface area contributed by atoms with Crippen LogP contribution in [0.15, 0.2) is 30.3 Å². The van der Waals surface area contributed by atoms with Crippen molar-refractivity contribution < 1.29 is 22.8 Å². The van der Waals surface area contributed by atoms with Gasteiger partial charge in [0.05, 0.1) is 11.3 Å². The molecule has 2 amide bonds. The number of hydrogen-bond acceptors (Lipinski definition) is 2. The number of primary amides is 1. The van der Waals surface area contributed by atoms with Gasteiger partial charge < -0.3 is 11.1 Å². The highest BCUT2D eigenvalue weighted by Gasteiger charge is 2.43. The molecular formula is C17H21F3N2O2. The summed E-state index contributed by atoms with van der Waals surface area (Å²) >= 11 is 0. The molecule has 0 heterocycles. The summed E-state index contributed by atoms with van der Waals surface area (Å²) in [6.07, 6.45) is -2.45. The van der Waals surface area contributed by atoms with E-state index in [4.69, 9.17) is 5.73 Å². The molecule has 0 aliphatic heterocycles. The van der Waals surface area contributed by atoms with Crippen LogP contribution >= 0.6 is 0 Å². The van der Waals surface area contributed by atoms with Crippen LogP contribution in [0.2, 0.25) is 0 Å². The molecule has 1 fully saturated rings. The van der Waals surface area contributed by atoms with Crippen LogP contribution in [-0.2, 0) is 9.59 Å². The monoisotopic (exact) mass is 342 g/mol. The van der Waals surface area contributed by atoms with Crippen LogP contribution < -0.4 is 11.1 Å². The molecule has 2 rings (SSSR count). The Bertz CT molecular complexity index is 581. The second kappa shape index (κ2) is 7.23. The van der Waals surface area contributed by atoms with Gasteiger partial charge in [0.15, 0.2) is 0 Å². The Hall–Kier alpha value is -2.05. The number of carbonyl (C=O) groups excluding carboxylic acids is 2. The van der Waals surface area contributed by atoms with Crippen LogP contribution in [-0.4, -0.2) is 24.5 Å². The van der Waals surface area contributed by atoms with Gasteiger partial charge >= 0.3 is 6.18 Å². The van der Waals surface area contributed by atoms with Crippen molar-refractivity contribution in [2.75, 3.05) is 6.54 Å². The van der Waals surface area contributed by atoms with Crippen molar-refractivity contribution in [3.63, 3.8) is 0 Å². The van der Waals surface area contributed by atoms with E-state index in [1.54, 1.807) is 6.07 Å². The number of nitrogens with two attached hydrogens (primary N) is 1. The zero-order valence-electron chi connectivity index (χ0n) is 13.2. The van der Waals surface area contributed by atoms with Crippen LogP contribution in [0.25, 0.3) is 0 Å². The molecule has 3 N–H and O–H groups in total. The summed E-state index contributed by atoms with van der Waals surface area (Å²) in [7, 11) is 0. The molecule has 1 aliphatic rings. The molecule has 0 saturated heterocycles. The summed E-state index contributed by atoms with van der Waals surface area (Å²) in [5, 5.41) is 2.48. The summed E-state index contributed by atoms with van der Waals surface area (Å²) < 4.78 is 39.8. The minimum Gasteiger partial charge on any atom is -0.369 e. The first-order valence-corrected chi connectivity index (χ1v) is 7.93. The Morgan fingerprint density at radius 1 is 1.17 bits per heavy atom. The average Bonchev–Trinajstić information content (AvgIpc) is 3.01. The van der Waals surface area contributed by atoms with Gasteiger partial charge in [-0.05, 0) is 18.4 Å².